The summed E-state index contributed by atoms with van der Waals surface area (Å²) in [5.41, 5.74) is 0.677. The average Bonchev–Trinajstić information content (AvgIpc) is 2.55. The summed E-state index contributed by atoms with van der Waals surface area (Å²) in [5.74, 6) is -3.14. The number of nitrogens with zero attached hydrogens (tertiary/aromatic N) is 1. The van der Waals surface area contributed by atoms with Gasteiger partial charge in [-0.05, 0) is 36.2 Å². The van der Waals surface area contributed by atoms with Gasteiger partial charge in [0.15, 0.2) is 11.6 Å². The largest absolute Gasteiger partial charge is 0.481 e. The van der Waals surface area contributed by atoms with E-state index in [1.807, 2.05) is 0 Å². The van der Waals surface area contributed by atoms with E-state index in [0.29, 0.717) is 5.56 Å². The van der Waals surface area contributed by atoms with Gasteiger partial charge in [-0.1, -0.05) is 12.1 Å². The number of anilines is 1. The maximum atomic E-state index is 13.3. The van der Waals surface area contributed by atoms with Crippen molar-refractivity contribution >= 4 is 21.7 Å². The molecule has 0 radical (unpaired) electrons. The summed E-state index contributed by atoms with van der Waals surface area (Å²) >= 11 is 0. The summed E-state index contributed by atoms with van der Waals surface area (Å²) in [6.45, 7) is 0. The van der Waals surface area contributed by atoms with E-state index >= 15 is 0 Å². The molecule has 2 rings (SSSR count). The van der Waals surface area contributed by atoms with E-state index in [1.54, 1.807) is 0 Å². The summed E-state index contributed by atoms with van der Waals surface area (Å²) in [6, 6.07) is 8.56. The van der Waals surface area contributed by atoms with Crippen LogP contribution in [0.5, 0.6) is 0 Å². The van der Waals surface area contributed by atoms with Crippen molar-refractivity contribution in [1.82, 2.24) is 0 Å². The molecule has 0 unspecified atom stereocenters. The molecule has 0 saturated carbocycles. The van der Waals surface area contributed by atoms with Crippen LogP contribution in [0.1, 0.15) is 12.0 Å². The van der Waals surface area contributed by atoms with Gasteiger partial charge in [0.05, 0.1) is 10.6 Å². The molecule has 128 valence electrons. The van der Waals surface area contributed by atoms with Crippen molar-refractivity contribution in [2.75, 3.05) is 11.4 Å². The normalized spacial score (nSPS) is 11.3. The number of aliphatic carboxylic acids is 1. The molecular weight excluding hydrogens is 340 g/mol. The standard InChI is InChI=1S/C16H15F2NO4S/c1-19(12-5-8-14(17)15(18)10-12)24(22,23)13-6-2-11(3-7-13)4-9-16(20)21/h2-3,5-8,10H,4,9H2,1H3,(H,20,21). The summed E-state index contributed by atoms with van der Waals surface area (Å²) in [6.07, 6.45) is 0.232. The van der Waals surface area contributed by atoms with Crippen LogP contribution in [0.15, 0.2) is 47.4 Å². The minimum absolute atomic E-state index is 0.0103. The summed E-state index contributed by atoms with van der Waals surface area (Å²) < 4.78 is 52.2. The molecule has 0 amide bonds. The molecule has 0 spiro atoms. The number of carbonyl (C=O) groups is 1. The van der Waals surface area contributed by atoms with Crippen LogP contribution in [-0.4, -0.2) is 26.5 Å². The molecule has 0 heterocycles. The Labute approximate surface area is 138 Å². The molecule has 0 aliphatic carbocycles. The zero-order valence-corrected chi connectivity index (χ0v) is 13.6. The maximum Gasteiger partial charge on any atom is 0.303 e. The van der Waals surface area contributed by atoms with Gasteiger partial charge in [0.25, 0.3) is 10.0 Å². The Morgan fingerprint density at radius 1 is 1.08 bits per heavy atom. The van der Waals surface area contributed by atoms with Gasteiger partial charge in [-0.15, -0.1) is 0 Å². The number of rotatable bonds is 6. The number of hydrogen-bond donors (Lipinski definition) is 1. The molecular formula is C16H15F2NO4S. The number of benzene rings is 2. The fourth-order valence-electron chi connectivity index (χ4n) is 2.06. The second kappa shape index (κ2) is 6.96. The van der Waals surface area contributed by atoms with E-state index in [9.17, 15) is 22.0 Å². The van der Waals surface area contributed by atoms with Gasteiger partial charge in [0, 0.05) is 19.5 Å². The van der Waals surface area contributed by atoms with Crippen molar-refractivity contribution in [3.05, 3.63) is 59.7 Å². The minimum Gasteiger partial charge on any atom is -0.481 e. The van der Waals surface area contributed by atoms with Crippen LogP contribution in [0.25, 0.3) is 0 Å². The molecule has 0 aliphatic heterocycles. The molecule has 24 heavy (non-hydrogen) atoms. The highest BCUT2D eigenvalue weighted by Gasteiger charge is 2.22. The van der Waals surface area contributed by atoms with Crippen molar-refractivity contribution in [3.63, 3.8) is 0 Å². The molecule has 0 fully saturated rings. The molecule has 2 aromatic carbocycles. The molecule has 0 aromatic heterocycles. The van der Waals surface area contributed by atoms with E-state index < -0.39 is 27.6 Å². The van der Waals surface area contributed by atoms with E-state index in [1.165, 1.54) is 31.3 Å². The summed E-state index contributed by atoms with van der Waals surface area (Å²) in [7, 11) is -2.71. The number of sulfonamides is 1. The Morgan fingerprint density at radius 2 is 1.71 bits per heavy atom. The van der Waals surface area contributed by atoms with Crippen molar-refractivity contribution in [1.29, 1.82) is 0 Å². The lowest BCUT2D eigenvalue weighted by Crippen LogP contribution is -2.26. The average molecular weight is 355 g/mol. The molecule has 1 N–H and O–H groups in total. The maximum absolute atomic E-state index is 13.3. The zero-order valence-electron chi connectivity index (χ0n) is 12.7. The number of hydrogen-bond acceptors (Lipinski definition) is 3. The highest BCUT2D eigenvalue weighted by molar-refractivity contribution is 7.92. The Hall–Kier alpha value is -2.48. The van der Waals surface area contributed by atoms with Crippen molar-refractivity contribution in [3.8, 4) is 0 Å². The Balaban J connectivity index is 2.25. The first-order valence-corrected chi connectivity index (χ1v) is 8.40. The number of aryl methyl sites for hydroxylation is 1. The number of carboxylic acid groups (broad SMARTS) is 1. The Bertz CT molecular complexity index is 851. The molecule has 8 heteroatoms. The second-order valence-corrected chi connectivity index (χ2v) is 7.08. The topological polar surface area (TPSA) is 74.7 Å². The van der Waals surface area contributed by atoms with Gasteiger partial charge in [0.1, 0.15) is 0 Å². The Morgan fingerprint density at radius 3 is 2.25 bits per heavy atom. The summed E-state index contributed by atoms with van der Waals surface area (Å²) in [4.78, 5) is 10.5. The third-order valence-corrected chi connectivity index (χ3v) is 5.28. The predicted molar refractivity (Wildman–Crippen MR) is 84.3 cm³/mol. The molecule has 0 atom stereocenters. The van der Waals surface area contributed by atoms with Gasteiger partial charge < -0.3 is 5.11 Å². The third-order valence-electron chi connectivity index (χ3n) is 3.48. The van der Waals surface area contributed by atoms with Crippen LogP contribution in [0.2, 0.25) is 0 Å². The Kier molecular flexibility index (Phi) is 5.18. The zero-order chi connectivity index (χ0) is 17.9. The van der Waals surface area contributed by atoms with E-state index in [0.717, 1.165) is 22.5 Å². The smallest absolute Gasteiger partial charge is 0.303 e. The van der Waals surface area contributed by atoms with Crippen molar-refractivity contribution in [2.24, 2.45) is 0 Å². The lowest BCUT2D eigenvalue weighted by Gasteiger charge is -2.19. The lowest BCUT2D eigenvalue weighted by atomic mass is 10.1. The van der Waals surface area contributed by atoms with Crippen molar-refractivity contribution < 1.29 is 27.1 Å². The highest BCUT2D eigenvalue weighted by Crippen LogP contribution is 2.24. The van der Waals surface area contributed by atoms with Gasteiger partial charge >= 0.3 is 5.97 Å². The third kappa shape index (κ3) is 3.88. The fraction of sp³-hybridized carbons (Fsp3) is 0.188. The van der Waals surface area contributed by atoms with Gasteiger partial charge in [-0.2, -0.15) is 0 Å². The van der Waals surface area contributed by atoms with Gasteiger partial charge in [-0.25, -0.2) is 17.2 Å². The van der Waals surface area contributed by atoms with Crippen LogP contribution < -0.4 is 4.31 Å². The lowest BCUT2D eigenvalue weighted by molar-refractivity contribution is -0.136. The first-order chi connectivity index (χ1) is 11.2. The summed E-state index contributed by atoms with van der Waals surface area (Å²) in [5, 5.41) is 8.64. The van der Waals surface area contributed by atoms with E-state index in [-0.39, 0.29) is 23.4 Å². The minimum atomic E-state index is -3.94. The van der Waals surface area contributed by atoms with E-state index in [4.69, 9.17) is 5.11 Å². The van der Waals surface area contributed by atoms with Crippen LogP contribution in [0.4, 0.5) is 14.5 Å². The fourth-order valence-corrected chi connectivity index (χ4v) is 3.24. The molecule has 0 bridgehead atoms. The van der Waals surface area contributed by atoms with Crippen LogP contribution >= 0.6 is 0 Å². The second-order valence-electron chi connectivity index (χ2n) is 5.11. The quantitative estimate of drug-likeness (QED) is 0.865. The van der Waals surface area contributed by atoms with Gasteiger partial charge in [-0.3, -0.25) is 9.10 Å². The predicted octanol–water partition coefficient (Wildman–Crippen LogP) is 2.81. The molecule has 2 aromatic rings. The first kappa shape index (κ1) is 17.9. The SMILES string of the molecule is CN(c1ccc(F)c(F)c1)S(=O)(=O)c1ccc(CCC(=O)O)cc1. The monoisotopic (exact) mass is 355 g/mol. The van der Waals surface area contributed by atoms with E-state index in [2.05, 4.69) is 0 Å². The van der Waals surface area contributed by atoms with Crippen LogP contribution in [0.3, 0.4) is 0 Å². The number of halogens is 2. The van der Waals surface area contributed by atoms with Crippen molar-refractivity contribution in [2.45, 2.75) is 17.7 Å². The van der Waals surface area contributed by atoms with Gasteiger partial charge in [0.2, 0.25) is 0 Å². The molecule has 0 aliphatic rings. The molecule has 5 nitrogen and oxygen atoms in total. The molecule has 0 saturated heterocycles. The van der Waals surface area contributed by atoms with Crippen LogP contribution in [-0.2, 0) is 21.2 Å². The highest BCUT2D eigenvalue weighted by atomic mass is 32.2. The number of carboxylic acids is 1. The van der Waals surface area contributed by atoms with Crippen LogP contribution in [0, 0.1) is 11.6 Å². The first-order valence-electron chi connectivity index (χ1n) is 6.96.